The van der Waals surface area contributed by atoms with Gasteiger partial charge in [-0.05, 0) is 57.7 Å². The molecule has 0 aromatic rings. The van der Waals surface area contributed by atoms with E-state index in [0.717, 1.165) is 31.5 Å². The number of hydrogen-bond acceptors (Lipinski definition) is 2. The SMILES string of the molecule is CCNC(C1CCC(CC)CC1)C(C)(CC)N(CC)CC. The molecule has 2 nitrogen and oxygen atoms in total. The summed E-state index contributed by atoms with van der Waals surface area (Å²) in [6.07, 6.45) is 8.35. The first-order valence-corrected chi connectivity index (χ1v) is 9.55. The van der Waals surface area contributed by atoms with E-state index in [-0.39, 0.29) is 0 Å². The lowest BCUT2D eigenvalue weighted by atomic mass is 9.71. The Morgan fingerprint density at radius 3 is 1.95 bits per heavy atom. The van der Waals surface area contributed by atoms with E-state index in [1.54, 1.807) is 0 Å². The van der Waals surface area contributed by atoms with E-state index in [1.165, 1.54) is 38.5 Å². The summed E-state index contributed by atoms with van der Waals surface area (Å²) < 4.78 is 0. The first-order valence-electron chi connectivity index (χ1n) is 9.55. The third-order valence-electron chi connectivity index (χ3n) is 6.24. The Morgan fingerprint density at radius 2 is 1.57 bits per heavy atom. The van der Waals surface area contributed by atoms with Crippen molar-refractivity contribution >= 4 is 0 Å². The second-order valence-electron chi connectivity index (χ2n) is 7.11. The minimum atomic E-state index is 0.295. The molecule has 1 saturated carbocycles. The first kappa shape index (κ1) is 19.0. The first-order chi connectivity index (χ1) is 10.1. The summed E-state index contributed by atoms with van der Waals surface area (Å²) in [4.78, 5) is 2.69. The van der Waals surface area contributed by atoms with E-state index in [4.69, 9.17) is 0 Å². The summed E-state index contributed by atoms with van der Waals surface area (Å²) in [5.41, 5.74) is 0.295. The van der Waals surface area contributed by atoms with Gasteiger partial charge in [0.1, 0.15) is 0 Å². The molecule has 1 rings (SSSR count). The van der Waals surface area contributed by atoms with Crippen molar-refractivity contribution < 1.29 is 0 Å². The Balaban J connectivity index is 2.87. The van der Waals surface area contributed by atoms with E-state index >= 15 is 0 Å². The van der Waals surface area contributed by atoms with Gasteiger partial charge in [-0.15, -0.1) is 0 Å². The van der Waals surface area contributed by atoms with Crippen molar-refractivity contribution in [2.75, 3.05) is 19.6 Å². The van der Waals surface area contributed by atoms with Crippen molar-refractivity contribution in [3.8, 4) is 0 Å². The van der Waals surface area contributed by atoms with Crippen LogP contribution in [0.4, 0.5) is 0 Å². The van der Waals surface area contributed by atoms with E-state index in [0.29, 0.717) is 11.6 Å². The van der Waals surface area contributed by atoms with Gasteiger partial charge in [0.2, 0.25) is 0 Å². The molecule has 0 aromatic carbocycles. The van der Waals surface area contributed by atoms with Crippen LogP contribution in [0.25, 0.3) is 0 Å². The summed E-state index contributed by atoms with van der Waals surface area (Å²) in [6, 6.07) is 0.644. The number of hydrogen-bond donors (Lipinski definition) is 1. The highest BCUT2D eigenvalue weighted by molar-refractivity contribution is 5.00. The van der Waals surface area contributed by atoms with E-state index in [9.17, 15) is 0 Å². The topological polar surface area (TPSA) is 15.3 Å². The maximum atomic E-state index is 3.88. The fourth-order valence-electron chi connectivity index (χ4n) is 4.63. The van der Waals surface area contributed by atoms with Crippen molar-refractivity contribution in [3.05, 3.63) is 0 Å². The van der Waals surface area contributed by atoms with Gasteiger partial charge in [0.05, 0.1) is 0 Å². The summed E-state index contributed by atoms with van der Waals surface area (Å²) in [7, 11) is 0. The zero-order valence-corrected chi connectivity index (χ0v) is 15.5. The van der Waals surface area contributed by atoms with Crippen LogP contribution in [0.15, 0.2) is 0 Å². The average molecular weight is 297 g/mol. The molecule has 0 spiro atoms. The highest BCUT2D eigenvalue weighted by Gasteiger charge is 2.41. The predicted octanol–water partition coefficient (Wildman–Crippen LogP) is 4.69. The summed E-state index contributed by atoms with van der Waals surface area (Å²) >= 11 is 0. The maximum absolute atomic E-state index is 3.88. The van der Waals surface area contributed by atoms with Gasteiger partial charge in [-0.3, -0.25) is 4.90 Å². The summed E-state index contributed by atoms with van der Waals surface area (Å²) in [6.45, 7) is 17.5. The van der Waals surface area contributed by atoms with Crippen LogP contribution in [0, 0.1) is 11.8 Å². The fraction of sp³-hybridized carbons (Fsp3) is 1.00. The van der Waals surface area contributed by atoms with E-state index < -0.39 is 0 Å². The van der Waals surface area contributed by atoms with Crippen LogP contribution in [0.2, 0.25) is 0 Å². The van der Waals surface area contributed by atoms with E-state index in [2.05, 4.69) is 51.8 Å². The Hall–Kier alpha value is -0.0800. The van der Waals surface area contributed by atoms with Gasteiger partial charge >= 0.3 is 0 Å². The van der Waals surface area contributed by atoms with Crippen LogP contribution < -0.4 is 5.32 Å². The molecule has 0 heterocycles. The molecule has 0 radical (unpaired) electrons. The highest BCUT2D eigenvalue weighted by Crippen LogP contribution is 2.38. The smallest absolute Gasteiger partial charge is 0.0334 e. The molecule has 2 heteroatoms. The minimum absolute atomic E-state index is 0.295. The van der Waals surface area contributed by atoms with Crippen LogP contribution >= 0.6 is 0 Å². The molecule has 0 amide bonds. The molecule has 0 aliphatic heterocycles. The molecule has 1 aliphatic rings. The molecule has 1 aliphatic carbocycles. The predicted molar refractivity (Wildman–Crippen MR) is 94.8 cm³/mol. The zero-order valence-electron chi connectivity index (χ0n) is 15.5. The number of nitrogens with zero attached hydrogens (tertiary/aromatic N) is 1. The van der Waals surface area contributed by atoms with Gasteiger partial charge in [0.25, 0.3) is 0 Å². The second-order valence-corrected chi connectivity index (χ2v) is 7.11. The second kappa shape index (κ2) is 9.15. The average Bonchev–Trinajstić information content (AvgIpc) is 2.53. The van der Waals surface area contributed by atoms with Gasteiger partial charge in [0, 0.05) is 11.6 Å². The Kier molecular flexibility index (Phi) is 8.26. The van der Waals surface area contributed by atoms with Crippen LogP contribution in [0.5, 0.6) is 0 Å². The molecule has 0 bridgehead atoms. The Bertz CT molecular complexity index is 267. The molecule has 1 fully saturated rings. The normalized spacial score (nSPS) is 27.6. The fourth-order valence-corrected chi connectivity index (χ4v) is 4.63. The molecule has 0 aromatic heterocycles. The van der Waals surface area contributed by atoms with Crippen LogP contribution in [0.3, 0.4) is 0 Å². The van der Waals surface area contributed by atoms with Crippen LogP contribution in [-0.2, 0) is 0 Å². The van der Waals surface area contributed by atoms with Crippen molar-refractivity contribution in [1.29, 1.82) is 0 Å². The van der Waals surface area contributed by atoms with Crippen molar-refractivity contribution in [1.82, 2.24) is 10.2 Å². The van der Waals surface area contributed by atoms with E-state index in [1.807, 2.05) is 0 Å². The van der Waals surface area contributed by atoms with Crippen molar-refractivity contribution in [3.63, 3.8) is 0 Å². The molecule has 2 unspecified atom stereocenters. The molecule has 21 heavy (non-hydrogen) atoms. The quantitative estimate of drug-likeness (QED) is 0.664. The van der Waals surface area contributed by atoms with Crippen LogP contribution in [0.1, 0.15) is 80.1 Å². The van der Waals surface area contributed by atoms with Gasteiger partial charge in [-0.1, -0.05) is 53.9 Å². The number of likely N-dealkylation sites (N-methyl/N-ethyl adjacent to an activating group) is 2. The lowest BCUT2D eigenvalue weighted by Crippen LogP contribution is -2.62. The van der Waals surface area contributed by atoms with Crippen LogP contribution in [-0.4, -0.2) is 36.1 Å². The standard InChI is InChI=1S/C19H40N2/c1-7-16-12-14-17(15-13-16)18(20-9-3)19(6,8-2)21(10-4)11-5/h16-18,20H,7-15H2,1-6H3. The monoisotopic (exact) mass is 296 g/mol. The third-order valence-corrected chi connectivity index (χ3v) is 6.24. The lowest BCUT2D eigenvalue weighted by Gasteiger charge is -2.50. The maximum Gasteiger partial charge on any atom is 0.0334 e. The lowest BCUT2D eigenvalue weighted by molar-refractivity contribution is 0.0328. The van der Waals surface area contributed by atoms with Gasteiger partial charge in [0.15, 0.2) is 0 Å². The largest absolute Gasteiger partial charge is 0.312 e. The Morgan fingerprint density at radius 1 is 1.00 bits per heavy atom. The van der Waals surface area contributed by atoms with Gasteiger partial charge in [-0.2, -0.15) is 0 Å². The highest BCUT2D eigenvalue weighted by atomic mass is 15.2. The number of rotatable bonds is 9. The molecule has 126 valence electrons. The number of nitrogens with one attached hydrogen (secondary N) is 1. The molecular weight excluding hydrogens is 256 g/mol. The molecule has 0 saturated heterocycles. The van der Waals surface area contributed by atoms with Crippen molar-refractivity contribution in [2.45, 2.75) is 91.6 Å². The molecule has 1 N–H and O–H groups in total. The summed E-state index contributed by atoms with van der Waals surface area (Å²) in [5.74, 6) is 1.85. The van der Waals surface area contributed by atoms with Gasteiger partial charge in [-0.25, -0.2) is 0 Å². The molecular formula is C19H40N2. The minimum Gasteiger partial charge on any atom is -0.312 e. The Labute approximate surface area is 134 Å². The third kappa shape index (κ3) is 4.45. The molecule has 2 atom stereocenters. The zero-order chi connectivity index (χ0) is 15.9. The van der Waals surface area contributed by atoms with Crippen molar-refractivity contribution in [2.24, 2.45) is 11.8 Å². The summed E-state index contributed by atoms with van der Waals surface area (Å²) in [5, 5.41) is 3.88. The van der Waals surface area contributed by atoms with Gasteiger partial charge < -0.3 is 5.32 Å².